The highest BCUT2D eigenvalue weighted by Crippen LogP contribution is 2.28. The van der Waals surface area contributed by atoms with Crippen molar-refractivity contribution in [2.75, 3.05) is 11.9 Å². The molecule has 1 atom stereocenters. The maximum absolute atomic E-state index is 12.1. The predicted molar refractivity (Wildman–Crippen MR) is 107 cm³/mol. The summed E-state index contributed by atoms with van der Waals surface area (Å²) in [6, 6.07) is 10.2. The largest absolute Gasteiger partial charge is 0.479 e. The summed E-state index contributed by atoms with van der Waals surface area (Å²) in [5.74, 6) is -0.423. The fourth-order valence-corrected chi connectivity index (χ4v) is 3.02. The van der Waals surface area contributed by atoms with E-state index in [2.05, 4.69) is 26.6 Å². The van der Waals surface area contributed by atoms with E-state index in [1.54, 1.807) is 25.1 Å². The van der Waals surface area contributed by atoms with E-state index in [4.69, 9.17) is 27.9 Å². The van der Waals surface area contributed by atoms with Crippen LogP contribution in [0.3, 0.4) is 0 Å². The Balaban J connectivity index is 1.85. The summed E-state index contributed by atoms with van der Waals surface area (Å²) in [4.78, 5) is 24.1. The third-order valence-electron chi connectivity index (χ3n) is 3.45. The van der Waals surface area contributed by atoms with Gasteiger partial charge in [-0.1, -0.05) is 39.1 Å². The fourth-order valence-electron chi connectivity index (χ4n) is 2.09. The van der Waals surface area contributed by atoms with Crippen LogP contribution in [0, 0.1) is 6.92 Å². The number of nitrogens with one attached hydrogen (secondary N) is 2. The molecule has 0 radical (unpaired) electrons. The minimum Gasteiger partial charge on any atom is -0.479 e. The van der Waals surface area contributed by atoms with Gasteiger partial charge in [-0.15, -0.1) is 0 Å². The number of amides is 2. The van der Waals surface area contributed by atoms with E-state index >= 15 is 0 Å². The van der Waals surface area contributed by atoms with Crippen molar-refractivity contribution in [2.24, 2.45) is 0 Å². The Bertz CT molecular complexity index is 830. The van der Waals surface area contributed by atoms with E-state index in [-0.39, 0.29) is 12.5 Å². The monoisotopic (exact) mass is 458 g/mol. The van der Waals surface area contributed by atoms with Gasteiger partial charge in [0.15, 0.2) is 6.10 Å². The highest BCUT2D eigenvalue weighted by atomic mass is 79.9. The highest BCUT2D eigenvalue weighted by molar-refractivity contribution is 9.10. The molecule has 2 amide bonds. The second-order valence-corrected chi connectivity index (χ2v) is 7.32. The van der Waals surface area contributed by atoms with Gasteiger partial charge in [-0.2, -0.15) is 0 Å². The molecule has 0 spiro atoms. The quantitative estimate of drug-likeness (QED) is 0.663. The number of carbonyl (C=O) groups is 2. The van der Waals surface area contributed by atoms with E-state index < -0.39 is 12.0 Å². The van der Waals surface area contributed by atoms with Gasteiger partial charge in [-0.25, -0.2) is 0 Å². The molecular weight excluding hydrogens is 443 g/mol. The first-order chi connectivity index (χ1) is 12.3. The SMILES string of the molecule is Cc1cc(Br)ccc1NC(=O)CNC(=O)C(C)Oc1ccc(Cl)cc1Cl. The molecule has 2 N–H and O–H groups in total. The number of hydrogen-bond donors (Lipinski definition) is 2. The van der Waals surface area contributed by atoms with Crippen LogP contribution < -0.4 is 15.4 Å². The molecule has 0 heterocycles. The molecule has 138 valence electrons. The molecule has 2 rings (SSSR count). The Kier molecular flexibility index (Phi) is 7.32. The van der Waals surface area contributed by atoms with Gasteiger partial charge in [0, 0.05) is 15.2 Å². The van der Waals surface area contributed by atoms with Crippen LogP contribution in [0.15, 0.2) is 40.9 Å². The molecular formula is C18H17BrCl2N2O3. The standard InChI is InChI=1S/C18H17BrCl2N2O3/c1-10-7-12(19)3-5-15(10)23-17(24)9-22-18(25)11(2)26-16-6-4-13(20)8-14(16)21/h3-8,11H,9H2,1-2H3,(H,22,25)(H,23,24). The summed E-state index contributed by atoms with van der Waals surface area (Å²) in [5, 5.41) is 6.05. The lowest BCUT2D eigenvalue weighted by molar-refractivity contribution is -0.129. The Morgan fingerprint density at radius 3 is 2.58 bits per heavy atom. The fraction of sp³-hybridized carbons (Fsp3) is 0.222. The summed E-state index contributed by atoms with van der Waals surface area (Å²) in [5.41, 5.74) is 1.60. The Hall–Kier alpha value is -1.76. The number of rotatable bonds is 6. The first-order valence-corrected chi connectivity index (χ1v) is 9.26. The summed E-state index contributed by atoms with van der Waals surface area (Å²) in [6.07, 6.45) is -0.823. The first-order valence-electron chi connectivity index (χ1n) is 7.71. The smallest absolute Gasteiger partial charge is 0.261 e. The van der Waals surface area contributed by atoms with Gasteiger partial charge >= 0.3 is 0 Å². The Morgan fingerprint density at radius 2 is 1.92 bits per heavy atom. The normalized spacial score (nSPS) is 11.6. The molecule has 0 saturated carbocycles. The summed E-state index contributed by atoms with van der Waals surface area (Å²) >= 11 is 15.2. The van der Waals surface area contributed by atoms with Crippen molar-refractivity contribution in [1.29, 1.82) is 0 Å². The van der Waals surface area contributed by atoms with Crippen LogP contribution in [0.1, 0.15) is 12.5 Å². The minimum absolute atomic E-state index is 0.170. The lowest BCUT2D eigenvalue weighted by atomic mass is 10.2. The van der Waals surface area contributed by atoms with Gasteiger partial charge in [0.1, 0.15) is 5.75 Å². The average molecular weight is 460 g/mol. The molecule has 0 aliphatic carbocycles. The predicted octanol–water partition coefficient (Wildman–Crippen LogP) is 4.59. The van der Waals surface area contributed by atoms with Crippen molar-refractivity contribution in [3.8, 4) is 5.75 Å². The number of anilines is 1. The summed E-state index contributed by atoms with van der Waals surface area (Å²) in [7, 11) is 0. The molecule has 0 bridgehead atoms. The molecule has 26 heavy (non-hydrogen) atoms. The van der Waals surface area contributed by atoms with E-state index in [1.165, 1.54) is 6.07 Å². The third-order valence-corrected chi connectivity index (χ3v) is 4.48. The summed E-state index contributed by atoms with van der Waals surface area (Å²) in [6.45, 7) is 3.28. The second kappa shape index (κ2) is 9.26. The third kappa shape index (κ3) is 5.90. The van der Waals surface area contributed by atoms with Crippen molar-refractivity contribution < 1.29 is 14.3 Å². The number of hydrogen-bond acceptors (Lipinski definition) is 3. The number of ether oxygens (including phenoxy) is 1. The van der Waals surface area contributed by atoms with Gasteiger partial charge in [-0.3, -0.25) is 9.59 Å². The number of benzene rings is 2. The van der Waals surface area contributed by atoms with Crippen molar-refractivity contribution in [3.05, 3.63) is 56.5 Å². The van der Waals surface area contributed by atoms with Crippen LogP contribution in [0.5, 0.6) is 5.75 Å². The van der Waals surface area contributed by atoms with Crippen LogP contribution in [-0.2, 0) is 9.59 Å². The molecule has 0 aliphatic heterocycles. The van der Waals surface area contributed by atoms with E-state index in [0.29, 0.717) is 21.5 Å². The van der Waals surface area contributed by atoms with Gasteiger partial charge in [0.25, 0.3) is 5.91 Å². The molecule has 0 fully saturated rings. The van der Waals surface area contributed by atoms with Crippen LogP contribution in [-0.4, -0.2) is 24.5 Å². The maximum atomic E-state index is 12.1. The van der Waals surface area contributed by atoms with E-state index in [0.717, 1.165) is 10.0 Å². The van der Waals surface area contributed by atoms with Gasteiger partial charge < -0.3 is 15.4 Å². The van der Waals surface area contributed by atoms with Gasteiger partial charge in [-0.05, 0) is 55.8 Å². The minimum atomic E-state index is -0.823. The van der Waals surface area contributed by atoms with Gasteiger partial charge in [0.2, 0.25) is 5.91 Å². The first kappa shape index (κ1) is 20.6. The topological polar surface area (TPSA) is 67.4 Å². The molecule has 2 aromatic rings. The van der Waals surface area contributed by atoms with Crippen LogP contribution in [0.4, 0.5) is 5.69 Å². The van der Waals surface area contributed by atoms with Crippen LogP contribution in [0.25, 0.3) is 0 Å². The van der Waals surface area contributed by atoms with Crippen LogP contribution in [0.2, 0.25) is 10.0 Å². The lowest BCUT2D eigenvalue weighted by Crippen LogP contribution is -2.40. The average Bonchev–Trinajstić information content (AvgIpc) is 2.57. The molecule has 1 unspecified atom stereocenters. The van der Waals surface area contributed by atoms with Crippen molar-refractivity contribution in [1.82, 2.24) is 5.32 Å². The Morgan fingerprint density at radius 1 is 1.19 bits per heavy atom. The summed E-state index contributed by atoms with van der Waals surface area (Å²) < 4.78 is 6.43. The number of halogens is 3. The van der Waals surface area contributed by atoms with E-state index in [9.17, 15) is 9.59 Å². The Labute approximate surface area is 170 Å². The zero-order valence-electron chi connectivity index (χ0n) is 14.1. The zero-order chi connectivity index (χ0) is 19.3. The van der Waals surface area contributed by atoms with E-state index in [1.807, 2.05) is 19.1 Å². The maximum Gasteiger partial charge on any atom is 0.261 e. The molecule has 5 nitrogen and oxygen atoms in total. The molecule has 0 aliphatic rings. The highest BCUT2D eigenvalue weighted by Gasteiger charge is 2.17. The molecule has 0 saturated heterocycles. The number of aryl methyl sites for hydroxylation is 1. The molecule has 0 aromatic heterocycles. The molecule has 2 aromatic carbocycles. The second-order valence-electron chi connectivity index (χ2n) is 5.56. The van der Waals surface area contributed by atoms with Crippen molar-refractivity contribution in [3.63, 3.8) is 0 Å². The van der Waals surface area contributed by atoms with Gasteiger partial charge in [0.05, 0.1) is 11.6 Å². The van der Waals surface area contributed by atoms with Crippen LogP contribution >= 0.6 is 39.1 Å². The van der Waals surface area contributed by atoms with Crippen molar-refractivity contribution >= 4 is 56.6 Å². The lowest BCUT2D eigenvalue weighted by Gasteiger charge is -2.16. The van der Waals surface area contributed by atoms with Crippen molar-refractivity contribution in [2.45, 2.75) is 20.0 Å². The number of carbonyl (C=O) groups excluding carboxylic acids is 2. The zero-order valence-corrected chi connectivity index (χ0v) is 17.2. The molecule has 8 heteroatoms.